The Kier molecular flexibility index (Phi) is 5.54. The van der Waals surface area contributed by atoms with Crippen molar-refractivity contribution in [1.29, 1.82) is 0 Å². The number of hydrogen-bond donors (Lipinski definition) is 0. The summed E-state index contributed by atoms with van der Waals surface area (Å²) in [4.78, 5) is 2.45. The zero-order chi connectivity index (χ0) is 32.2. The molecule has 0 N–H and O–H groups in total. The first-order valence-electron chi connectivity index (χ1n) is 17.0. The third-order valence-electron chi connectivity index (χ3n) is 11.4. The second-order valence-corrected chi connectivity index (χ2v) is 14.2. The van der Waals surface area contributed by atoms with Crippen LogP contribution in [-0.2, 0) is 10.8 Å². The van der Waals surface area contributed by atoms with Gasteiger partial charge in [-0.3, -0.25) is 0 Å². The van der Waals surface area contributed by atoms with E-state index in [1.54, 1.807) is 0 Å². The molecule has 1 nitrogen and oxygen atoms in total. The number of nitrogens with zero attached hydrogens (tertiary/aromatic N) is 1. The largest absolute Gasteiger partial charge is 0.310 e. The summed E-state index contributed by atoms with van der Waals surface area (Å²) in [6.45, 7) is 6.88. The highest BCUT2D eigenvalue weighted by molar-refractivity contribution is 5.96. The van der Waals surface area contributed by atoms with Gasteiger partial charge in [0, 0.05) is 22.5 Å². The quantitative estimate of drug-likeness (QED) is 0.192. The molecule has 10 rings (SSSR count). The molecule has 0 heterocycles. The molecule has 7 aromatic carbocycles. The van der Waals surface area contributed by atoms with Gasteiger partial charge in [0.1, 0.15) is 0 Å². The summed E-state index contributed by atoms with van der Waals surface area (Å²) in [5.74, 6) is 0. The van der Waals surface area contributed by atoms with Crippen LogP contribution in [0.15, 0.2) is 158 Å². The third kappa shape index (κ3) is 3.46. The van der Waals surface area contributed by atoms with Crippen LogP contribution in [0.2, 0.25) is 0 Å². The topological polar surface area (TPSA) is 3.24 Å². The second kappa shape index (κ2) is 9.69. The van der Waals surface area contributed by atoms with Gasteiger partial charge in [-0.1, -0.05) is 141 Å². The Balaban J connectivity index is 1.21. The molecule has 0 unspecified atom stereocenters. The number of anilines is 3. The van der Waals surface area contributed by atoms with Crippen LogP contribution in [0.1, 0.15) is 52.8 Å². The van der Waals surface area contributed by atoms with E-state index in [1.807, 2.05) is 0 Å². The molecule has 0 saturated carbocycles. The molecule has 7 aromatic rings. The van der Waals surface area contributed by atoms with Gasteiger partial charge in [-0.25, -0.2) is 0 Å². The second-order valence-electron chi connectivity index (χ2n) is 14.2. The van der Waals surface area contributed by atoms with Gasteiger partial charge in [0.05, 0.1) is 5.41 Å². The molecule has 48 heavy (non-hydrogen) atoms. The molecule has 0 fully saturated rings. The van der Waals surface area contributed by atoms with Crippen LogP contribution in [0.3, 0.4) is 0 Å². The maximum absolute atomic E-state index is 2.45. The fraction of sp³-hybridized carbons (Fsp3) is 0.106. The predicted octanol–water partition coefficient (Wildman–Crippen LogP) is 12.1. The predicted molar refractivity (Wildman–Crippen MR) is 200 cm³/mol. The van der Waals surface area contributed by atoms with Crippen molar-refractivity contribution in [2.24, 2.45) is 0 Å². The summed E-state index contributed by atoms with van der Waals surface area (Å²) in [6, 6.07) is 59.3. The zero-order valence-electron chi connectivity index (χ0n) is 27.5. The first kappa shape index (κ1) is 27.5. The number of aryl methyl sites for hydroxylation is 1. The molecule has 3 aliphatic rings. The Hall–Kier alpha value is -5.66. The normalized spacial score (nSPS) is 14.9. The molecule has 0 atom stereocenters. The van der Waals surface area contributed by atoms with Crippen LogP contribution in [0.5, 0.6) is 0 Å². The summed E-state index contributed by atoms with van der Waals surface area (Å²) >= 11 is 0. The summed E-state index contributed by atoms with van der Waals surface area (Å²) in [7, 11) is 0. The van der Waals surface area contributed by atoms with Crippen LogP contribution < -0.4 is 4.90 Å². The van der Waals surface area contributed by atoms with Gasteiger partial charge in [-0.2, -0.15) is 0 Å². The molecule has 0 radical (unpaired) electrons. The van der Waals surface area contributed by atoms with Crippen molar-refractivity contribution in [3.8, 4) is 33.4 Å². The fourth-order valence-corrected chi connectivity index (χ4v) is 9.20. The van der Waals surface area contributed by atoms with Crippen LogP contribution in [-0.4, -0.2) is 0 Å². The van der Waals surface area contributed by atoms with Gasteiger partial charge < -0.3 is 4.90 Å². The Morgan fingerprint density at radius 2 is 0.771 bits per heavy atom. The highest BCUT2D eigenvalue weighted by Gasteiger charge is 2.51. The monoisotopic (exact) mass is 613 g/mol. The lowest BCUT2D eigenvalue weighted by atomic mass is 9.70. The maximum atomic E-state index is 2.45. The lowest BCUT2D eigenvalue weighted by molar-refractivity contribution is 0.660. The summed E-state index contributed by atoms with van der Waals surface area (Å²) in [5, 5.41) is 0. The standard InChI is InChI=1S/C47H35N/c1-30-20-22-31(23-21-30)48(33-24-26-38-34-12-4-8-16-40(34)46(2,3)45(38)29-33)32-25-27-44-39(28-32)37-15-7-11-19-43(37)47(44)41-17-9-5-13-35(41)36-14-6-10-18-42(36)47/h4-29H,1-3H3. The molecular weight excluding hydrogens is 579 g/mol. The number of fused-ring (bicyclic) bond motifs is 13. The van der Waals surface area contributed by atoms with Crippen LogP contribution in [0.4, 0.5) is 17.1 Å². The van der Waals surface area contributed by atoms with E-state index in [-0.39, 0.29) is 10.8 Å². The Bertz CT molecular complexity index is 2400. The highest BCUT2D eigenvalue weighted by atomic mass is 15.1. The SMILES string of the molecule is Cc1ccc(N(c2ccc3c(c2)-c2ccccc2C32c3ccccc3-c3ccccc32)c2ccc3c(c2)C(C)(C)c2ccccc2-3)cc1. The molecule has 228 valence electrons. The number of rotatable bonds is 3. The van der Waals surface area contributed by atoms with Crippen molar-refractivity contribution in [1.82, 2.24) is 0 Å². The lowest BCUT2D eigenvalue weighted by Crippen LogP contribution is -2.25. The molecule has 1 spiro atoms. The van der Waals surface area contributed by atoms with Gasteiger partial charge in [-0.05, 0) is 110 Å². The lowest BCUT2D eigenvalue weighted by Gasteiger charge is -2.31. The molecule has 1 heteroatoms. The van der Waals surface area contributed by atoms with Crippen LogP contribution >= 0.6 is 0 Å². The van der Waals surface area contributed by atoms with E-state index < -0.39 is 0 Å². The third-order valence-corrected chi connectivity index (χ3v) is 11.4. The Morgan fingerprint density at radius 1 is 0.354 bits per heavy atom. The van der Waals surface area contributed by atoms with Crippen molar-refractivity contribution >= 4 is 17.1 Å². The van der Waals surface area contributed by atoms with Crippen LogP contribution in [0.25, 0.3) is 33.4 Å². The Labute approximate surface area is 282 Å². The molecule has 0 aliphatic heterocycles. The smallest absolute Gasteiger partial charge is 0.0725 e. The minimum atomic E-state index is -0.338. The van der Waals surface area contributed by atoms with E-state index in [0.29, 0.717) is 0 Å². The van der Waals surface area contributed by atoms with Crippen molar-refractivity contribution in [3.63, 3.8) is 0 Å². The molecule has 0 bridgehead atoms. The van der Waals surface area contributed by atoms with Crippen molar-refractivity contribution in [3.05, 3.63) is 197 Å². The Morgan fingerprint density at radius 3 is 1.38 bits per heavy atom. The average Bonchev–Trinajstić information content (AvgIpc) is 3.68. The van der Waals surface area contributed by atoms with Gasteiger partial charge in [-0.15, -0.1) is 0 Å². The maximum Gasteiger partial charge on any atom is 0.0725 e. The molecule has 3 aliphatic carbocycles. The summed E-state index contributed by atoms with van der Waals surface area (Å²) in [5.41, 5.74) is 20.6. The van der Waals surface area contributed by atoms with E-state index in [1.165, 1.54) is 78.0 Å². The van der Waals surface area contributed by atoms with Crippen molar-refractivity contribution in [2.45, 2.75) is 31.6 Å². The summed E-state index contributed by atoms with van der Waals surface area (Å²) < 4.78 is 0. The van der Waals surface area contributed by atoms with E-state index in [0.717, 1.165) is 11.4 Å². The van der Waals surface area contributed by atoms with E-state index >= 15 is 0 Å². The molecule has 0 aromatic heterocycles. The van der Waals surface area contributed by atoms with Gasteiger partial charge in [0.15, 0.2) is 0 Å². The molecule has 0 saturated heterocycles. The van der Waals surface area contributed by atoms with Crippen molar-refractivity contribution < 1.29 is 0 Å². The molecule has 0 amide bonds. The minimum absolute atomic E-state index is 0.0760. The summed E-state index contributed by atoms with van der Waals surface area (Å²) in [6.07, 6.45) is 0. The van der Waals surface area contributed by atoms with Gasteiger partial charge >= 0.3 is 0 Å². The number of hydrogen-bond acceptors (Lipinski definition) is 1. The van der Waals surface area contributed by atoms with Gasteiger partial charge in [0.2, 0.25) is 0 Å². The fourth-order valence-electron chi connectivity index (χ4n) is 9.20. The zero-order valence-corrected chi connectivity index (χ0v) is 27.5. The van der Waals surface area contributed by atoms with Crippen LogP contribution in [0, 0.1) is 6.92 Å². The number of benzene rings is 7. The first-order valence-corrected chi connectivity index (χ1v) is 17.0. The first-order chi connectivity index (χ1) is 23.5. The van der Waals surface area contributed by atoms with Gasteiger partial charge in [0.25, 0.3) is 0 Å². The molecular formula is C47H35N. The van der Waals surface area contributed by atoms with E-state index in [9.17, 15) is 0 Å². The minimum Gasteiger partial charge on any atom is -0.310 e. The van der Waals surface area contributed by atoms with E-state index in [2.05, 4.69) is 183 Å². The van der Waals surface area contributed by atoms with Crippen molar-refractivity contribution in [2.75, 3.05) is 4.90 Å². The average molecular weight is 614 g/mol. The highest BCUT2D eigenvalue weighted by Crippen LogP contribution is 2.63. The van der Waals surface area contributed by atoms with E-state index in [4.69, 9.17) is 0 Å².